The SMILES string of the molecule is CCCCOCC(=O)NC#Cc1cn(C(C)C)c2nc(N)[nH]c(=O)c12. The van der Waals surface area contributed by atoms with Crippen molar-refractivity contribution in [2.45, 2.75) is 39.7 Å². The lowest BCUT2D eigenvalue weighted by atomic mass is 10.2. The molecule has 2 aromatic rings. The molecule has 1 amide bonds. The maximum atomic E-state index is 12.2. The topological polar surface area (TPSA) is 115 Å². The summed E-state index contributed by atoms with van der Waals surface area (Å²) in [4.78, 5) is 30.5. The second-order valence-corrected chi connectivity index (χ2v) is 5.90. The highest BCUT2D eigenvalue weighted by Gasteiger charge is 2.14. The normalized spacial score (nSPS) is 10.7. The molecule has 0 unspecified atom stereocenters. The smallest absolute Gasteiger partial charge is 0.263 e. The molecule has 0 aliphatic rings. The van der Waals surface area contributed by atoms with Gasteiger partial charge in [-0.25, -0.2) is 0 Å². The predicted octanol–water partition coefficient (Wildman–Crippen LogP) is 1.13. The number of aromatic amines is 1. The van der Waals surface area contributed by atoms with Gasteiger partial charge >= 0.3 is 0 Å². The van der Waals surface area contributed by atoms with E-state index in [1.165, 1.54) is 0 Å². The first-order chi connectivity index (χ1) is 11.9. The highest BCUT2D eigenvalue weighted by Crippen LogP contribution is 2.19. The molecular formula is C17H23N5O3. The van der Waals surface area contributed by atoms with Gasteiger partial charge in [0, 0.05) is 24.9 Å². The third kappa shape index (κ3) is 4.61. The predicted molar refractivity (Wildman–Crippen MR) is 95.9 cm³/mol. The molecule has 4 N–H and O–H groups in total. The fourth-order valence-electron chi connectivity index (χ4n) is 2.28. The molecule has 134 valence electrons. The van der Waals surface area contributed by atoms with Gasteiger partial charge in [0.1, 0.15) is 6.61 Å². The Hall–Kier alpha value is -2.79. The average molecular weight is 345 g/mol. The molecule has 0 aliphatic heterocycles. The standard InChI is InChI=1S/C17H23N5O3/c1-4-5-8-25-10-13(23)19-7-6-12-9-22(11(2)3)15-14(12)16(24)21-17(18)20-15/h9,11H,4-5,8,10H2,1-3H3,(H,19,23)(H3,18,20,21,24). The number of nitrogens with two attached hydrogens (primary N) is 1. The molecule has 0 saturated carbocycles. The van der Waals surface area contributed by atoms with Gasteiger partial charge in [0.2, 0.25) is 5.95 Å². The Morgan fingerprint density at radius 2 is 2.28 bits per heavy atom. The van der Waals surface area contributed by atoms with Crippen molar-refractivity contribution in [1.29, 1.82) is 0 Å². The molecular weight excluding hydrogens is 322 g/mol. The number of unbranched alkanes of at least 4 members (excludes halogenated alkanes) is 1. The molecule has 0 saturated heterocycles. The summed E-state index contributed by atoms with van der Waals surface area (Å²) in [5.74, 6) is 2.52. The highest BCUT2D eigenvalue weighted by atomic mass is 16.5. The highest BCUT2D eigenvalue weighted by molar-refractivity contribution is 5.84. The summed E-state index contributed by atoms with van der Waals surface area (Å²) in [6, 6.07) is 2.65. The van der Waals surface area contributed by atoms with Gasteiger partial charge in [-0.1, -0.05) is 13.3 Å². The average Bonchev–Trinajstić information content (AvgIpc) is 2.90. The van der Waals surface area contributed by atoms with E-state index < -0.39 is 0 Å². The molecule has 0 atom stereocenters. The Morgan fingerprint density at radius 1 is 1.52 bits per heavy atom. The number of hydrogen-bond donors (Lipinski definition) is 3. The maximum Gasteiger partial charge on any atom is 0.263 e. The number of nitrogens with zero attached hydrogens (tertiary/aromatic N) is 2. The van der Waals surface area contributed by atoms with Crippen LogP contribution in [0, 0.1) is 12.0 Å². The number of aromatic nitrogens is 3. The van der Waals surface area contributed by atoms with E-state index in [1.807, 2.05) is 25.3 Å². The van der Waals surface area contributed by atoms with Crippen LogP contribution in [-0.4, -0.2) is 33.7 Å². The number of nitrogen functional groups attached to an aromatic ring is 1. The first-order valence-electron chi connectivity index (χ1n) is 8.22. The van der Waals surface area contributed by atoms with Gasteiger partial charge in [-0.15, -0.1) is 0 Å². The number of H-pyrrole nitrogens is 1. The second kappa shape index (κ2) is 8.35. The van der Waals surface area contributed by atoms with Crippen LogP contribution in [0.1, 0.15) is 45.2 Å². The Bertz CT molecular complexity index is 870. The lowest BCUT2D eigenvalue weighted by Crippen LogP contribution is -2.23. The van der Waals surface area contributed by atoms with Crippen molar-refractivity contribution in [3.8, 4) is 12.0 Å². The van der Waals surface area contributed by atoms with Gasteiger partial charge in [-0.05, 0) is 26.2 Å². The third-order valence-corrected chi connectivity index (χ3v) is 3.53. The van der Waals surface area contributed by atoms with Crippen molar-refractivity contribution in [2.75, 3.05) is 18.9 Å². The Kier molecular flexibility index (Phi) is 6.19. The lowest BCUT2D eigenvalue weighted by molar-refractivity contribution is -0.124. The number of ether oxygens (including phenoxy) is 1. The zero-order chi connectivity index (χ0) is 18.4. The van der Waals surface area contributed by atoms with Crippen molar-refractivity contribution in [2.24, 2.45) is 0 Å². The van der Waals surface area contributed by atoms with Crippen LogP contribution in [0.25, 0.3) is 11.0 Å². The van der Waals surface area contributed by atoms with Crippen LogP contribution in [0.2, 0.25) is 0 Å². The first-order valence-corrected chi connectivity index (χ1v) is 8.22. The zero-order valence-electron chi connectivity index (χ0n) is 14.7. The molecule has 0 aliphatic carbocycles. The number of amides is 1. The van der Waals surface area contributed by atoms with Gasteiger partial charge in [0.15, 0.2) is 5.65 Å². The summed E-state index contributed by atoms with van der Waals surface area (Å²) in [6.07, 6.45) is 3.65. The molecule has 2 rings (SSSR count). The van der Waals surface area contributed by atoms with E-state index in [2.05, 4.69) is 27.2 Å². The molecule has 0 fully saturated rings. The van der Waals surface area contributed by atoms with Crippen LogP contribution in [-0.2, 0) is 9.53 Å². The zero-order valence-corrected chi connectivity index (χ0v) is 14.7. The fourth-order valence-corrected chi connectivity index (χ4v) is 2.28. The maximum absolute atomic E-state index is 12.2. The van der Waals surface area contributed by atoms with Crippen LogP contribution in [0.15, 0.2) is 11.0 Å². The van der Waals surface area contributed by atoms with Crippen molar-refractivity contribution >= 4 is 22.9 Å². The van der Waals surface area contributed by atoms with Gasteiger partial charge in [0.25, 0.3) is 11.5 Å². The van der Waals surface area contributed by atoms with E-state index >= 15 is 0 Å². The summed E-state index contributed by atoms with van der Waals surface area (Å²) in [7, 11) is 0. The summed E-state index contributed by atoms with van der Waals surface area (Å²) < 4.78 is 7.03. The minimum Gasteiger partial charge on any atom is -0.372 e. The van der Waals surface area contributed by atoms with Crippen LogP contribution in [0.3, 0.4) is 0 Å². The second-order valence-electron chi connectivity index (χ2n) is 5.90. The Balaban J connectivity index is 2.20. The summed E-state index contributed by atoms with van der Waals surface area (Å²) in [6.45, 7) is 6.48. The molecule has 0 bridgehead atoms. The Morgan fingerprint density at radius 3 is 2.96 bits per heavy atom. The van der Waals surface area contributed by atoms with Crippen molar-refractivity contribution in [3.05, 3.63) is 22.1 Å². The van der Waals surface area contributed by atoms with Gasteiger partial charge < -0.3 is 15.0 Å². The largest absolute Gasteiger partial charge is 0.372 e. The number of rotatable bonds is 6. The minimum absolute atomic E-state index is 0.0406. The van der Waals surface area contributed by atoms with E-state index in [-0.39, 0.29) is 30.1 Å². The van der Waals surface area contributed by atoms with Gasteiger partial charge in [-0.3, -0.25) is 19.9 Å². The van der Waals surface area contributed by atoms with E-state index in [4.69, 9.17) is 10.5 Å². The Labute approximate surface area is 145 Å². The molecule has 0 aromatic carbocycles. The van der Waals surface area contributed by atoms with Crippen molar-refractivity contribution < 1.29 is 9.53 Å². The summed E-state index contributed by atoms with van der Waals surface area (Å²) in [5.41, 5.74) is 6.21. The molecule has 0 spiro atoms. The van der Waals surface area contributed by atoms with Gasteiger partial charge in [-0.2, -0.15) is 4.98 Å². The number of fused-ring (bicyclic) bond motifs is 1. The van der Waals surface area contributed by atoms with Crippen LogP contribution < -0.4 is 16.6 Å². The van der Waals surface area contributed by atoms with E-state index in [1.54, 1.807) is 6.20 Å². The van der Waals surface area contributed by atoms with Crippen LogP contribution >= 0.6 is 0 Å². The van der Waals surface area contributed by atoms with Crippen LogP contribution in [0.5, 0.6) is 0 Å². The molecule has 2 aromatic heterocycles. The monoisotopic (exact) mass is 345 g/mol. The number of anilines is 1. The van der Waals surface area contributed by atoms with Crippen molar-refractivity contribution in [1.82, 2.24) is 19.9 Å². The summed E-state index contributed by atoms with van der Waals surface area (Å²) >= 11 is 0. The van der Waals surface area contributed by atoms with Gasteiger partial charge in [0.05, 0.1) is 10.9 Å². The number of nitrogens with one attached hydrogen (secondary N) is 2. The van der Waals surface area contributed by atoms with E-state index in [0.29, 0.717) is 23.2 Å². The fraction of sp³-hybridized carbons (Fsp3) is 0.471. The van der Waals surface area contributed by atoms with Crippen LogP contribution in [0.4, 0.5) is 5.95 Å². The molecule has 2 heterocycles. The number of carbonyl (C=O) groups excluding carboxylic acids is 1. The van der Waals surface area contributed by atoms with E-state index in [0.717, 1.165) is 12.8 Å². The molecule has 8 heteroatoms. The minimum atomic E-state index is -0.361. The number of carbonyl (C=O) groups is 1. The third-order valence-electron chi connectivity index (χ3n) is 3.53. The summed E-state index contributed by atoms with van der Waals surface area (Å²) in [5, 5.41) is 2.80. The van der Waals surface area contributed by atoms with E-state index in [9.17, 15) is 9.59 Å². The lowest BCUT2D eigenvalue weighted by Gasteiger charge is -2.07. The number of hydrogen-bond acceptors (Lipinski definition) is 5. The first kappa shape index (κ1) is 18.5. The molecule has 25 heavy (non-hydrogen) atoms. The van der Waals surface area contributed by atoms with Crippen molar-refractivity contribution in [3.63, 3.8) is 0 Å². The molecule has 8 nitrogen and oxygen atoms in total. The molecule has 0 radical (unpaired) electrons. The quantitative estimate of drug-likeness (QED) is 0.412.